The number of pyridine rings is 1. The lowest BCUT2D eigenvalue weighted by Crippen LogP contribution is -2.25. The van der Waals surface area contributed by atoms with Gasteiger partial charge in [-0.05, 0) is 73.8 Å². The fourth-order valence-electron chi connectivity index (χ4n) is 4.90. The molecule has 5 rings (SSSR count). The summed E-state index contributed by atoms with van der Waals surface area (Å²) in [4.78, 5) is 22.6. The van der Waals surface area contributed by atoms with Gasteiger partial charge in [0, 0.05) is 35.7 Å². The van der Waals surface area contributed by atoms with Crippen LogP contribution in [0.2, 0.25) is 5.02 Å². The average molecular weight is 500 g/mol. The first-order valence-electron chi connectivity index (χ1n) is 12.4. The zero-order chi connectivity index (χ0) is 25.1. The molecule has 0 saturated carbocycles. The van der Waals surface area contributed by atoms with Gasteiger partial charge in [-0.15, -0.1) is 0 Å². The van der Waals surface area contributed by atoms with E-state index < -0.39 is 0 Å². The Bertz CT molecular complexity index is 1420. The Morgan fingerprint density at radius 3 is 2.81 bits per heavy atom. The highest BCUT2D eigenvalue weighted by Gasteiger charge is 2.20. The number of halogens is 1. The molecule has 1 aliphatic heterocycles. The topological polar surface area (TPSA) is 58.2 Å². The summed E-state index contributed by atoms with van der Waals surface area (Å²) in [6.07, 6.45) is 5.94. The molecule has 1 fully saturated rings. The number of aromatic amines is 1. The number of rotatable bonds is 9. The van der Waals surface area contributed by atoms with Gasteiger partial charge in [0.05, 0.1) is 10.7 Å². The molecule has 0 spiro atoms. The normalized spacial score (nSPS) is 13.8. The maximum absolute atomic E-state index is 12.1. The molecular weight excluding hydrogens is 470 g/mol. The molecular formula is C30H30ClN3O2. The zero-order valence-electron chi connectivity index (χ0n) is 20.5. The third kappa shape index (κ3) is 5.08. The molecule has 0 bridgehead atoms. The maximum atomic E-state index is 12.1. The standard InChI is InChI=1S/C30H30ClN3O2/c1-3-24(35)18-23-17-21(10-9-20(23)2)27-28-26(31)11-12-32-30(28)33-29(27)22-7-6-8-25(19-22)36-16-15-34-13-4-5-14-34/h3,6-12,17,19H,1,4-5,13-16,18H2,2H3,(H,32,33). The van der Waals surface area contributed by atoms with Crippen molar-refractivity contribution in [2.75, 3.05) is 26.2 Å². The van der Waals surface area contributed by atoms with Crippen LogP contribution in [0.15, 0.2) is 67.4 Å². The molecule has 2 aromatic carbocycles. The van der Waals surface area contributed by atoms with Gasteiger partial charge in [-0.3, -0.25) is 9.69 Å². The van der Waals surface area contributed by atoms with E-state index in [1.54, 1.807) is 12.3 Å². The Morgan fingerprint density at radius 2 is 2.00 bits per heavy atom. The van der Waals surface area contributed by atoms with Crippen molar-refractivity contribution >= 4 is 28.4 Å². The van der Waals surface area contributed by atoms with Gasteiger partial charge in [0.25, 0.3) is 0 Å². The summed E-state index contributed by atoms with van der Waals surface area (Å²) in [6, 6.07) is 16.1. The number of hydrogen-bond acceptors (Lipinski definition) is 4. The molecule has 184 valence electrons. The number of fused-ring (bicyclic) bond motifs is 1. The number of carbonyl (C=O) groups is 1. The first-order chi connectivity index (χ1) is 17.5. The number of allylic oxidation sites excluding steroid dienone is 1. The number of hydrogen-bond donors (Lipinski definition) is 1. The van der Waals surface area contributed by atoms with Crippen LogP contribution in [0.3, 0.4) is 0 Å². The van der Waals surface area contributed by atoms with Gasteiger partial charge in [-0.1, -0.05) is 48.5 Å². The summed E-state index contributed by atoms with van der Waals surface area (Å²) in [6.45, 7) is 9.56. The van der Waals surface area contributed by atoms with E-state index in [-0.39, 0.29) is 5.78 Å². The first-order valence-corrected chi connectivity index (χ1v) is 12.8. The van der Waals surface area contributed by atoms with Crippen molar-refractivity contribution in [1.82, 2.24) is 14.9 Å². The molecule has 0 unspecified atom stereocenters. The molecule has 2 aromatic heterocycles. The molecule has 0 amide bonds. The van der Waals surface area contributed by atoms with Crippen LogP contribution in [0.4, 0.5) is 0 Å². The van der Waals surface area contributed by atoms with Crippen LogP contribution in [0.25, 0.3) is 33.4 Å². The lowest BCUT2D eigenvalue weighted by atomic mass is 9.94. The van der Waals surface area contributed by atoms with E-state index in [9.17, 15) is 4.79 Å². The second-order valence-electron chi connectivity index (χ2n) is 9.30. The highest BCUT2D eigenvalue weighted by molar-refractivity contribution is 6.36. The van der Waals surface area contributed by atoms with Gasteiger partial charge in [0.2, 0.25) is 0 Å². The number of aryl methyl sites for hydroxylation is 1. The van der Waals surface area contributed by atoms with Crippen molar-refractivity contribution in [3.63, 3.8) is 0 Å². The number of ether oxygens (including phenoxy) is 1. The second kappa shape index (κ2) is 10.7. The molecule has 3 heterocycles. The number of ketones is 1. The molecule has 1 aliphatic rings. The van der Waals surface area contributed by atoms with Gasteiger partial charge in [0.15, 0.2) is 5.78 Å². The van der Waals surface area contributed by atoms with Crippen LogP contribution in [0.1, 0.15) is 24.0 Å². The Hall–Kier alpha value is -3.41. The third-order valence-corrected chi connectivity index (χ3v) is 7.19. The van der Waals surface area contributed by atoms with Crippen molar-refractivity contribution in [1.29, 1.82) is 0 Å². The summed E-state index contributed by atoms with van der Waals surface area (Å²) in [5.74, 6) is 0.824. The molecule has 0 radical (unpaired) electrons. The SMILES string of the molecule is C=CC(=O)Cc1cc(-c2c(-c3cccc(OCCN4CCCC4)c3)[nH]c3nccc(Cl)c23)ccc1C. The maximum Gasteiger partial charge on any atom is 0.159 e. The number of likely N-dealkylation sites (tertiary alicyclic amines) is 1. The van der Waals surface area contributed by atoms with Crippen molar-refractivity contribution in [3.05, 3.63) is 83.5 Å². The minimum atomic E-state index is -0.00659. The molecule has 1 N–H and O–H groups in total. The van der Waals surface area contributed by atoms with Crippen molar-refractivity contribution in [2.45, 2.75) is 26.2 Å². The summed E-state index contributed by atoms with van der Waals surface area (Å²) < 4.78 is 6.12. The van der Waals surface area contributed by atoms with Gasteiger partial charge >= 0.3 is 0 Å². The van der Waals surface area contributed by atoms with Crippen molar-refractivity contribution in [2.24, 2.45) is 0 Å². The number of H-pyrrole nitrogens is 1. The quantitative estimate of drug-likeness (QED) is 0.262. The molecule has 0 atom stereocenters. The summed E-state index contributed by atoms with van der Waals surface area (Å²) in [5, 5.41) is 1.49. The fraction of sp³-hybridized carbons (Fsp3) is 0.267. The largest absolute Gasteiger partial charge is 0.492 e. The molecule has 5 nitrogen and oxygen atoms in total. The van der Waals surface area contributed by atoms with Gasteiger partial charge in [-0.2, -0.15) is 0 Å². The minimum Gasteiger partial charge on any atom is -0.492 e. The predicted octanol–water partition coefficient (Wildman–Crippen LogP) is 6.63. The predicted molar refractivity (Wildman–Crippen MR) is 147 cm³/mol. The lowest BCUT2D eigenvalue weighted by molar-refractivity contribution is -0.114. The summed E-state index contributed by atoms with van der Waals surface area (Å²) >= 11 is 6.70. The highest BCUT2D eigenvalue weighted by atomic mass is 35.5. The van der Waals surface area contributed by atoms with E-state index in [2.05, 4.69) is 45.7 Å². The molecule has 0 aliphatic carbocycles. The Kier molecular flexibility index (Phi) is 7.21. The van der Waals surface area contributed by atoms with Crippen LogP contribution in [-0.4, -0.2) is 46.9 Å². The summed E-state index contributed by atoms with van der Waals surface area (Å²) in [5.41, 5.74) is 6.60. The van der Waals surface area contributed by atoms with Crippen LogP contribution < -0.4 is 4.74 Å². The Morgan fingerprint density at radius 1 is 1.17 bits per heavy atom. The number of nitrogens with zero attached hydrogens (tertiary/aromatic N) is 2. The van der Waals surface area contributed by atoms with Crippen LogP contribution in [-0.2, 0) is 11.2 Å². The van der Waals surface area contributed by atoms with Crippen molar-refractivity contribution in [3.8, 4) is 28.1 Å². The van der Waals surface area contributed by atoms with Crippen molar-refractivity contribution < 1.29 is 9.53 Å². The van der Waals surface area contributed by atoms with E-state index in [1.807, 2.05) is 25.1 Å². The fourth-order valence-corrected chi connectivity index (χ4v) is 5.14. The Balaban J connectivity index is 1.54. The zero-order valence-corrected chi connectivity index (χ0v) is 21.3. The molecule has 6 heteroatoms. The van der Waals surface area contributed by atoms with Gasteiger partial charge in [-0.25, -0.2) is 4.98 Å². The van der Waals surface area contributed by atoms with E-state index in [4.69, 9.17) is 16.3 Å². The second-order valence-corrected chi connectivity index (χ2v) is 9.71. The van der Waals surface area contributed by atoms with Crippen LogP contribution in [0.5, 0.6) is 5.75 Å². The molecule has 4 aromatic rings. The number of carbonyl (C=O) groups excluding carboxylic acids is 1. The van der Waals surface area contributed by atoms with Gasteiger partial charge in [0.1, 0.15) is 18.0 Å². The monoisotopic (exact) mass is 499 g/mol. The highest BCUT2D eigenvalue weighted by Crippen LogP contribution is 2.41. The van der Waals surface area contributed by atoms with E-state index in [0.29, 0.717) is 18.1 Å². The van der Waals surface area contributed by atoms with Gasteiger partial charge < -0.3 is 9.72 Å². The van der Waals surface area contributed by atoms with E-state index in [0.717, 1.165) is 69.9 Å². The summed E-state index contributed by atoms with van der Waals surface area (Å²) in [7, 11) is 0. The van der Waals surface area contributed by atoms with Crippen LogP contribution in [0, 0.1) is 6.92 Å². The average Bonchev–Trinajstić information content (AvgIpc) is 3.54. The van der Waals surface area contributed by atoms with E-state index in [1.165, 1.54) is 18.9 Å². The minimum absolute atomic E-state index is 0.00659. The first kappa shape index (κ1) is 24.3. The lowest BCUT2D eigenvalue weighted by Gasteiger charge is -2.15. The molecule has 1 saturated heterocycles. The third-order valence-electron chi connectivity index (χ3n) is 6.87. The van der Waals surface area contributed by atoms with E-state index >= 15 is 0 Å². The number of aromatic nitrogens is 2. The Labute approximate surface area is 216 Å². The number of nitrogens with one attached hydrogen (secondary N) is 1. The van der Waals surface area contributed by atoms with Crippen LogP contribution >= 0.6 is 11.6 Å². The smallest absolute Gasteiger partial charge is 0.159 e. The number of benzene rings is 2. The molecule has 36 heavy (non-hydrogen) atoms.